The zero-order valence-electron chi connectivity index (χ0n) is 15.8. The summed E-state index contributed by atoms with van der Waals surface area (Å²) in [5, 5.41) is 11.2. The molecule has 0 radical (unpaired) electrons. The number of benzene rings is 1. The van der Waals surface area contributed by atoms with Crippen molar-refractivity contribution in [1.29, 1.82) is 0 Å². The van der Waals surface area contributed by atoms with Crippen molar-refractivity contribution in [1.82, 2.24) is 9.62 Å². The van der Waals surface area contributed by atoms with Crippen LogP contribution in [0.15, 0.2) is 17.0 Å². The van der Waals surface area contributed by atoms with Crippen LogP contribution >= 0.6 is 11.6 Å². The molecule has 0 aliphatic carbocycles. The van der Waals surface area contributed by atoms with Gasteiger partial charge in [0.2, 0.25) is 10.0 Å². The van der Waals surface area contributed by atoms with E-state index >= 15 is 0 Å². The second-order valence-corrected chi connectivity index (χ2v) is 9.26. The predicted octanol–water partition coefficient (Wildman–Crippen LogP) is 2.58. The first-order valence-electron chi connectivity index (χ1n) is 8.88. The van der Waals surface area contributed by atoms with Crippen molar-refractivity contribution in [3.63, 3.8) is 0 Å². The number of rotatable bonds is 8. The predicted molar refractivity (Wildman–Crippen MR) is 104 cm³/mol. The van der Waals surface area contributed by atoms with Gasteiger partial charge >= 0.3 is 0 Å². The van der Waals surface area contributed by atoms with E-state index in [1.807, 2.05) is 0 Å². The number of sulfonamides is 1. The van der Waals surface area contributed by atoms with Crippen LogP contribution in [0.4, 0.5) is 5.69 Å². The summed E-state index contributed by atoms with van der Waals surface area (Å²) in [6.45, 7) is 8.64. The van der Waals surface area contributed by atoms with Gasteiger partial charge in [0, 0.05) is 37.3 Å². The Labute approximate surface area is 165 Å². The van der Waals surface area contributed by atoms with Crippen molar-refractivity contribution in [2.24, 2.45) is 5.92 Å². The highest BCUT2D eigenvalue weighted by molar-refractivity contribution is 7.89. The first-order chi connectivity index (χ1) is 12.6. The minimum atomic E-state index is -3.92. The molecule has 1 aromatic carbocycles. The molecule has 10 heteroatoms. The second-order valence-electron chi connectivity index (χ2n) is 7.09. The SMILES string of the molecule is Cc1c(Cl)cc(S(=O)(=O)NCC(CC(C)C)N2CCOCC2)cc1[N+](=O)[O-]. The van der Waals surface area contributed by atoms with Gasteiger partial charge in [-0.25, -0.2) is 13.1 Å². The lowest BCUT2D eigenvalue weighted by molar-refractivity contribution is -0.385. The zero-order valence-corrected chi connectivity index (χ0v) is 17.3. The van der Waals surface area contributed by atoms with Gasteiger partial charge in [-0.15, -0.1) is 0 Å². The van der Waals surface area contributed by atoms with Crippen LogP contribution in [0.5, 0.6) is 0 Å². The Morgan fingerprint density at radius 1 is 1.33 bits per heavy atom. The van der Waals surface area contributed by atoms with Crippen molar-refractivity contribution >= 4 is 27.3 Å². The van der Waals surface area contributed by atoms with Gasteiger partial charge in [-0.3, -0.25) is 15.0 Å². The second kappa shape index (κ2) is 9.29. The Morgan fingerprint density at radius 2 is 1.96 bits per heavy atom. The smallest absolute Gasteiger partial charge is 0.275 e. The summed E-state index contributed by atoms with van der Waals surface area (Å²) >= 11 is 6.00. The van der Waals surface area contributed by atoms with Crippen molar-refractivity contribution in [3.8, 4) is 0 Å². The van der Waals surface area contributed by atoms with Gasteiger partial charge in [0.1, 0.15) is 0 Å². The highest BCUT2D eigenvalue weighted by atomic mass is 35.5. The Balaban J connectivity index is 2.19. The molecule has 1 aliphatic heterocycles. The number of morpholine rings is 1. The maximum Gasteiger partial charge on any atom is 0.275 e. The number of nitrogens with zero attached hydrogens (tertiary/aromatic N) is 2. The molecule has 1 N–H and O–H groups in total. The van der Waals surface area contributed by atoms with Gasteiger partial charge in [0.25, 0.3) is 5.69 Å². The maximum atomic E-state index is 12.7. The molecule has 27 heavy (non-hydrogen) atoms. The molecule has 0 aromatic heterocycles. The molecular formula is C17H26ClN3O5S. The summed E-state index contributed by atoms with van der Waals surface area (Å²) in [7, 11) is -3.92. The third-order valence-corrected chi connectivity index (χ3v) is 6.41. The van der Waals surface area contributed by atoms with Crippen LogP contribution in [0.3, 0.4) is 0 Å². The highest BCUT2D eigenvalue weighted by Crippen LogP contribution is 2.29. The summed E-state index contributed by atoms with van der Waals surface area (Å²) in [5.41, 5.74) is -0.0681. The summed E-state index contributed by atoms with van der Waals surface area (Å²) in [5.74, 6) is 0.400. The molecule has 8 nitrogen and oxygen atoms in total. The number of nitro benzene ring substituents is 1. The van der Waals surface area contributed by atoms with Crippen molar-refractivity contribution in [3.05, 3.63) is 32.8 Å². The first kappa shape index (κ1) is 22.0. The van der Waals surface area contributed by atoms with Crippen LogP contribution in [-0.4, -0.2) is 57.1 Å². The third-order valence-electron chi connectivity index (χ3n) is 4.61. The number of halogens is 1. The Hall–Kier alpha value is -1.26. The average Bonchev–Trinajstić information content (AvgIpc) is 2.60. The van der Waals surface area contributed by atoms with Crippen LogP contribution in [0, 0.1) is 23.0 Å². The number of nitro groups is 1. The molecule has 0 spiro atoms. The van der Waals surface area contributed by atoms with Gasteiger partial charge in [-0.2, -0.15) is 0 Å². The number of hydrogen-bond acceptors (Lipinski definition) is 6. The van der Waals surface area contributed by atoms with Crippen molar-refractivity contribution in [2.45, 2.75) is 38.1 Å². The van der Waals surface area contributed by atoms with Crippen LogP contribution in [-0.2, 0) is 14.8 Å². The van der Waals surface area contributed by atoms with Crippen LogP contribution < -0.4 is 4.72 Å². The largest absolute Gasteiger partial charge is 0.379 e. The lowest BCUT2D eigenvalue weighted by Gasteiger charge is -2.35. The first-order valence-corrected chi connectivity index (χ1v) is 10.7. The third kappa shape index (κ3) is 5.86. The van der Waals surface area contributed by atoms with Gasteiger partial charge < -0.3 is 4.74 Å². The quantitative estimate of drug-likeness (QED) is 0.513. The molecule has 1 atom stereocenters. The highest BCUT2D eigenvalue weighted by Gasteiger charge is 2.26. The normalized spacial score (nSPS) is 17.2. The van der Waals surface area contributed by atoms with E-state index in [4.69, 9.17) is 16.3 Å². The van der Waals surface area contributed by atoms with Gasteiger partial charge in [0.05, 0.1) is 28.1 Å². The van der Waals surface area contributed by atoms with E-state index in [1.165, 1.54) is 13.0 Å². The maximum absolute atomic E-state index is 12.7. The average molecular weight is 420 g/mol. The van der Waals surface area contributed by atoms with E-state index in [0.717, 1.165) is 25.6 Å². The molecule has 1 aromatic rings. The minimum absolute atomic E-state index is 0.0274. The molecular weight excluding hydrogens is 394 g/mol. The van der Waals surface area contributed by atoms with Crippen LogP contribution in [0.2, 0.25) is 5.02 Å². The molecule has 0 amide bonds. The monoisotopic (exact) mass is 419 g/mol. The molecule has 0 bridgehead atoms. The fourth-order valence-corrected chi connectivity index (χ4v) is 4.52. The molecule has 0 saturated carbocycles. The summed E-state index contributed by atoms with van der Waals surface area (Å²) in [4.78, 5) is 12.6. The van der Waals surface area contributed by atoms with E-state index < -0.39 is 14.9 Å². The Kier molecular flexibility index (Phi) is 7.58. The van der Waals surface area contributed by atoms with Crippen LogP contribution in [0.25, 0.3) is 0 Å². The van der Waals surface area contributed by atoms with Gasteiger partial charge in [-0.05, 0) is 25.3 Å². The Bertz CT molecular complexity index is 779. The van der Waals surface area contributed by atoms with E-state index in [-0.39, 0.29) is 33.8 Å². The van der Waals surface area contributed by atoms with Crippen molar-refractivity contribution < 1.29 is 18.1 Å². The summed E-state index contributed by atoms with van der Waals surface area (Å²) in [6.07, 6.45) is 0.831. The summed E-state index contributed by atoms with van der Waals surface area (Å²) < 4.78 is 33.4. The van der Waals surface area contributed by atoms with E-state index in [9.17, 15) is 18.5 Å². The summed E-state index contributed by atoms with van der Waals surface area (Å²) in [6, 6.07) is 2.33. The minimum Gasteiger partial charge on any atom is -0.379 e. The fraction of sp³-hybridized carbons (Fsp3) is 0.647. The van der Waals surface area contributed by atoms with Crippen LogP contribution in [0.1, 0.15) is 25.8 Å². The van der Waals surface area contributed by atoms with E-state index in [1.54, 1.807) is 0 Å². The lowest BCUT2D eigenvalue weighted by atomic mass is 10.0. The van der Waals surface area contributed by atoms with Gasteiger partial charge in [0.15, 0.2) is 0 Å². The van der Waals surface area contributed by atoms with Gasteiger partial charge in [-0.1, -0.05) is 25.4 Å². The molecule has 1 heterocycles. The topological polar surface area (TPSA) is 102 Å². The molecule has 1 aliphatic rings. The van der Waals surface area contributed by atoms with E-state index in [2.05, 4.69) is 23.5 Å². The molecule has 2 rings (SSSR count). The molecule has 152 valence electrons. The molecule has 1 fully saturated rings. The number of nitrogens with one attached hydrogen (secondary N) is 1. The Morgan fingerprint density at radius 3 is 2.52 bits per heavy atom. The van der Waals surface area contributed by atoms with E-state index in [0.29, 0.717) is 19.1 Å². The zero-order chi connectivity index (χ0) is 20.2. The number of ether oxygens (including phenoxy) is 1. The fourth-order valence-electron chi connectivity index (χ4n) is 3.12. The van der Waals surface area contributed by atoms with Crippen molar-refractivity contribution in [2.75, 3.05) is 32.8 Å². The standard InChI is InChI=1S/C17H26ClN3O5S/c1-12(2)8-14(20-4-6-26-7-5-20)11-19-27(24,25)15-9-16(18)13(3)17(10-15)21(22)23/h9-10,12,14,19H,4-8,11H2,1-3H3. The number of hydrogen-bond donors (Lipinski definition) is 1. The molecule has 1 saturated heterocycles. The molecule has 1 unspecified atom stereocenters. The lowest BCUT2D eigenvalue weighted by Crippen LogP contribution is -2.49.